The molecular formula is C22H21NS. The summed E-state index contributed by atoms with van der Waals surface area (Å²) in [6.45, 7) is 0. The van der Waals surface area contributed by atoms with Gasteiger partial charge in [0.15, 0.2) is 0 Å². The topological polar surface area (TPSA) is 12.0 Å². The summed E-state index contributed by atoms with van der Waals surface area (Å²) in [6.07, 6.45) is 11.1. The third-order valence-corrected chi connectivity index (χ3v) is 5.31. The molecule has 5 rings (SSSR count). The van der Waals surface area contributed by atoms with E-state index in [9.17, 15) is 0 Å². The van der Waals surface area contributed by atoms with Gasteiger partial charge in [-0.3, -0.25) is 0 Å². The van der Waals surface area contributed by atoms with Crippen molar-refractivity contribution in [3.05, 3.63) is 83.4 Å². The van der Waals surface area contributed by atoms with E-state index in [1.54, 1.807) is 23.1 Å². The molecule has 0 spiro atoms. The van der Waals surface area contributed by atoms with E-state index in [1.165, 1.54) is 47.2 Å². The Kier molecular flexibility index (Phi) is 4.57. The van der Waals surface area contributed by atoms with Crippen LogP contribution in [0, 0.1) is 0 Å². The predicted molar refractivity (Wildman–Crippen MR) is 107 cm³/mol. The molecule has 0 atom stereocenters. The van der Waals surface area contributed by atoms with Crippen LogP contribution in [-0.2, 0) is 12.8 Å². The number of nitrogens with one attached hydrogen (secondary N) is 1. The molecule has 24 heavy (non-hydrogen) atoms. The maximum absolute atomic E-state index is 2.93. The lowest BCUT2D eigenvalue weighted by Crippen LogP contribution is -2.02. The van der Waals surface area contributed by atoms with Crippen LogP contribution in [0.15, 0.2) is 72.3 Å². The van der Waals surface area contributed by atoms with Crippen molar-refractivity contribution in [2.75, 3.05) is 0 Å². The highest BCUT2D eigenvalue weighted by atomic mass is 32.2. The monoisotopic (exact) mass is 331 g/mol. The second-order valence-electron chi connectivity index (χ2n) is 6.22. The van der Waals surface area contributed by atoms with Gasteiger partial charge in [0.05, 0.1) is 0 Å². The van der Waals surface area contributed by atoms with E-state index < -0.39 is 0 Å². The van der Waals surface area contributed by atoms with Gasteiger partial charge < -0.3 is 4.72 Å². The molecule has 2 aliphatic rings. The number of fused-ring (bicyclic) bond motifs is 5. The van der Waals surface area contributed by atoms with Crippen molar-refractivity contribution in [3.63, 3.8) is 0 Å². The van der Waals surface area contributed by atoms with Crippen LogP contribution < -0.4 is 4.72 Å². The average Bonchev–Trinajstić information content (AvgIpc) is 2.69. The highest BCUT2D eigenvalue weighted by Gasteiger charge is 2.13. The van der Waals surface area contributed by atoms with E-state index in [-0.39, 0.29) is 0 Å². The molecule has 3 aromatic rings. The lowest BCUT2D eigenvalue weighted by molar-refractivity contribution is 0.690. The van der Waals surface area contributed by atoms with Crippen molar-refractivity contribution in [1.29, 1.82) is 0 Å². The third kappa shape index (κ3) is 3.07. The van der Waals surface area contributed by atoms with Crippen molar-refractivity contribution >= 4 is 33.5 Å². The van der Waals surface area contributed by atoms with Crippen LogP contribution in [0.4, 0.5) is 0 Å². The summed E-state index contributed by atoms with van der Waals surface area (Å²) >= 11 is 1.58. The molecule has 2 heteroatoms. The first kappa shape index (κ1) is 15.3. The zero-order valence-electron chi connectivity index (χ0n) is 13.7. The molecule has 1 N–H and O–H groups in total. The van der Waals surface area contributed by atoms with Gasteiger partial charge in [-0.25, -0.2) is 0 Å². The molecule has 0 saturated heterocycles. The molecule has 0 amide bonds. The summed E-state index contributed by atoms with van der Waals surface area (Å²) < 4.78 is 2.93. The minimum absolute atomic E-state index is 1.25. The summed E-state index contributed by atoms with van der Waals surface area (Å²) in [5, 5.41) is 7.63. The first-order valence-corrected chi connectivity index (χ1v) is 9.46. The van der Waals surface area contributed by atoms with Gasteiger partial charge >= 0.3 is 0 Å². The van der Waals surface area contributed by atoms with E-state index in [1.807, 2.05) is 23.8 Å². The summed E-state index contributed by atoms with van der Waals surface area (Å²) in [5.41, 5.74) is 3.17. The second kappa shape index (κ2) is 7.14. The smallest absolute Gasteiger partial charge is 0.00756 e. The lowest BCUT2D eigenvalue weighted by atomic mass is 9.86. The summed E-state index contributed by atoms with van der Waals surface area (Å²) in [7, 11) is 0. The van der Waals surface area contributed by atoms with Gasteiger partial charge in [-0.05, 0) is 81.8 Å². The van der Waals surface area contributed by atoms with E-state index in [4.69, 9.17) is 0 Å². The van der Waals surface area contributed by atoms with Gasteiger partial charge in [-0.15, -0.1) is 0 Å². The largest absolute Gasteiger partial charge is 0.333 e. The van der Waals surface area contributed by atoms with Gasteiger partial charge in [0.25, 0.3) is 0 Å². The van der Waals surface area contributed by atoms with Crippen LogP contribution in [0.3, 0.4) is 0 Å². The molecule has 0 saturated carbocycles. The Labute approximate surface area is 147 Å². The van der Waals surface area contributed by atoms with Gasteiger partial charge in [0.2, 0.25) is 0 Å². The number of hydrogen-bond acceptors (Lipinski definition) is 2. The Morgan fingerprint density at radius 2 is 1.62 bits per heavy atom. The van der Waals surface area contributed by atoms with Crippen LogP contribution in [-0.4, -0.2) is 0 Å². The first-order chi connectivity index (χ1) is 11.9. The van der Waals surface area contributed by atoms with Crippen LogP contribution in [0.2, 0.25) is 0 Å². The zero-order valence-corrected chi connectivity index (χ0v) is 14.5. The van der Waals surface area contributed by atoms with Crippen molar-refractivity contribution in [3.8, 4) is 0 Å². The molecule has 1 aliphatic heterocycles. The normalized spacial score (nSPS) is 15.5. The van der Waals surface area contributed by atoms with E-state index >= 15 is 0 Å². The van der Waals surface area contributed by atoms with Gasteiger partial charge in [0.1, 0.15) is 0 Å². The standard InChI is InChI=1S/C18H16.C4H5NS/c1-3-7-15-13(5-1)9-11-18-16-8-4-2-6-14(16)10-12-17(15)18;1-2-4-6-5-3-1/h1,3,5,7,9-12H,2,4,6,8H2;1-5H. The predicted octanol–water partition coefficient (Wildman–Crippen LogP) is 6.14. The fourth-order valence-corrected chi connectivity index (χ4v) is 4.01. The Hall–Kier alpha value is -2.19. The molecule has 120 valence electrons. The summed E-state index contributed by atoms with van der Waals surface area (Å²) in [4.78, 5) is 0. The summed E-state index contributed by atoms with van der Waals surface area (Å²) in [6, 6.07) is 18.0. The van der Waals surface area contributed by atoms with E-state index in [0.717, 1.165) is 0 Å². The molecule has 1 nitrogen and oxygen atoms in total. The second-order valence-corrected chi connectivity index (χ2v) is 6.96. The molecule has 0 radical (unpaired) electrons. The van der Waals surface area contributed by atoms with Gasteiger partial charge in [0, 0.05) is 6.20 Å². The Morgan fingerprint density at radius 3 is 2.42 bits per heavy atom. The van der Waals surface area contributed by atoms with Gasteiger partial charge in [-0.2, -0.15) is 0 Å². The molecule has 0 aromatic heterocycles. The highest BCUT2D eigenvalue weighted by molar-refractivity contribution is 8.00. The number of hydrogen-bond donors (Lipinski definition) is 1. The molecule has 3 aromatic carbocycles. The molecule has 1 heterocycles. The SMILES string of the molecule is C1=CNSC=C1.c1ccc2c(c1)ccc1c3c(ccc12)CCCC3. The fourth-order valence-electron chi connectivity index (χ4n) is 3.60. The molecule has 0 unspecified atom stereocenters. The molecule has 0 bridgehead atoms. The Balaban J connectivity index is 0.000000207. The number of aryl methyl sites for hydroxylation is 2. The van der Waals surface area contributed by atoms with Crippen molar-refractivity contribution in [2.24, 2.45) is 0 Å². The summed E-state index contributed by atoms with van der Waals surface area (Å²) in [5.74, 6) is 0. The van der Waals surface area contributed by atoms with Crippen LogP contribution >= 0.6 is 11.9 Å². The quantitative estimate of drug-likeness (QED) is 0.392. The van der Waals surface area contributed by atoms with Crippen LogP contribution in [0.25, 0.3) is 21.5 Å². The van der Waals surface area contributed by atoms with Gasteiger partial charge in [-0.1, -0.05) is 54.6 Å². The molecular weight excluding hydrogens is 310 g/mol. The lowest BCUT2D eigenvalue weighted by Gasteiger charge is -2.18. The highest BCUT2D eigenvalue weighted by Crippen LogP contribution is 2.33. The maximum Gasteiger partial charge on any atom is 0.00756 e. The molecule has 0 fully saturated rings. The number of allylic oxidation sites excluding steroid dienone is 2. The van der Waals surface area contributed by atoms with Crippen LogP contribution in [0.5, 0.6) is 0 Å². The minimum atomic E-state index is 1.25. The van der Waals surface area contributed by atoms with E-state index in [2.05, 4.69) is 53.3 Å². The maximum atomic E-state index is 2.93. The van der Waals surface area contributed by atoms with Crippen LogP contribution in [0.1, 0.15) is 24.0 Å². The molecule has 1 aliphatic carbocycles. The van der Waals surface area contributed by atoms with Crippen molar-refractivity contribution < 1.29 is 0 Å². The zero-order chi connectivity index (χ0) is 16.2. The third-order valence-electron chi connectivity index (χ3n) is 4.75. The first-order valence-electron chi connectivity index (χ1n) is 8.58. The fraction of sp³-hybridized carbons (Fsp3) is 0.182. The van der Waals surface area contributed by atoms with Crippen molar-refractivity contribution in [1.82, 2.24) is 4.72 Å². The minimum Gasteiger partial charge on any atom is -0.333 e. The number of rotatable bonds is 0. The van der Waals surface area contributed by atoms with E-state index in [0.29, 0.717) is 0 Å². The Bertz CT molecular complexity index is 912. The number of benzene rings is 3. The Morgan fingerprint density at radius 1 is 0.750 bits per heavy atom. The average molecular weight is 331 g/mol. The van der Waals surface area contributed by atoms with Crippen molar-refractivity contribution in [2.45, 2.75) is 25.7 Å².